The van der Waals surface area contributed by atoms with Crippen LogP contribution in [0.4, 0.5) is 0 Å². The lowest BCUT2D eigenvalue weighted by atomic mass is 9.84. The van der Waals surface area contributed by atoms with E-state index in [0.29, 0.717) is 18.0 Å². The van der Waals surface area contributed by atoms with Gasteiger partial charge in [-0.05, 0) is 57.1 Å². The molecule has 1 aliphatic carbocycles. The van der Waals surface area contributed by atoms with Crippen LogP contribution in [0.2, 0.25) is 0 Å². The Bertz CT molecular complexity index is 765. The van der Waals surface area contributed by atoms with Crippen molar-refractivity contribution in [2.45, 2.75) is 76.9 Å². The molecule has 2 fully saturated rings. The summed E-state index contributed by atoms with van der Waals surface area (Å²) in [5, 5.41) is 8.41. The van der Waals surface area contributed by atoms with Crippen LogP contribution >= 0.6 is 0 Å². The number of hydrogen-bond donors (Lipinski definition) is 3. The Morgan fingerprint density at radius 3 is 2.41 bits per heavy atom. The molecule has 5 nitrogen and oxygen atoms in total. The molecule has 1 aromatic heterocycles. The first-order valence-electron chi connectivity index (χ1n) is 11.5. The highest BCUT2D eigenvalue weighted by molar-refractivity contribution is 5.63. The van der Waals surface area contributed by atoms with Crippen molar-refractivity contribution in [2.24, 2.45) is 13.0 Å². The summed E-state index contributed by atoms with van der Waals surface area (Å²) in [5.41, 5.74) is 11.8. The van der Waals surface area contributed by atoms with Crippen LogP contribution in [0.1, 0.15) is 69.4 Å². The zero-order valence-electron chi connectivity index (χ0n) is 18.2. The average molecular weight is 396 g/mol. The van der Waals surface area contributed by atoms with Gasteiger partial charge in [0.2, 0.25) is 0 Å². The first-order valence-corrected chi connectivity index (χ1v) is 11.5. The summed E-state index contributed by atoms with van der Waals surface area (Å²) in [6, 6.07) is 10.3. The number of rotatable bonds is 7. The minimum absolute atomic E-state index is 0.531. The Kier molecular flexibility index (Phi) is 6.68. The molecule has 5 heteroatoms. The maximum Gasteiger partial charge on any atom is 0.0967 e. The third-order valence-corrected chi connectivity index (χ3v) is 6.96. The van der Waals surface area contributed by atoms with Gasteiger partial charge in [-0.2, -0.15) is 5.10 Å². The van der Waals surface area contributed by atoms with Crippen LogP contribution in [0, 0.1) is 5.92 Å². The Balaban J connectivity index is 1.36. The van der Waals surface area contributed by atoms with Gasteiger partial charge in [-0.15, -0.1) is 0 Å². The lowest BCUT2D eigenvalue weighted by molar-refractivity contribution is 0.402. The molecule has 2 atom stereocenters. The van der Waals surface area contributed by atoms with E-state index in [0.717, 1.165) is 24.7 Å². The Hall–Kier alpha value is -1.69. The molecule has 0 radical (unpaired) electrons. The Morgan fingerprint density at radius 1 is 1.03 bits per heavy atom. The average Bonchev–Trinajstić information content (AvgIpc) is 3.28. The Labute approximate surface area is 175 Å². The van der Waals surface area contributed by atoms with E-state index < -0.39 is 0 Å². The quantitative estimate of drug-likeness (QED) is 0.618. The van der Waals surface area contributed by atoms with Crippen LogP contribution in [0.15, 0.2) is 30.5 Å². The second kappa shape index (κ2) is 9.41. The Morgan fingerprint density at radius 2 is 1.72 bits per heavy atom. The van der Waals surface area contributed by atoms with Crippen molar-refractivity contribution in [1.29, 1.82) is 0 Å². The molecule has 2 unspecified atom stereocenters. The highest BCUT2D eigenvalue weighted by Gasteiger charge is 2.28. The summed E-state index contributed by atoms with van der Waals surface area (Å²) < 4.78 is 1.94. The predicted molar refractivity (Wildman–Crippen MR) is 119 cm³/mol. The number of aromatic nitrogens is 2. The fourth-order valence-corrected chi connectivity index (χ4v) is 5.16. The number of hydrogen-bond acceptors (Lipinski definition) is 4. The topological polar surface area (TPSA) is 53.9 Å². The second-order valence-corrected chi connectivity index (χ2v) is 9.13. The summed E-state index contributed by atoms with van der Waals surface area (Å²) in [6.45, 7) is 6.41. The van der Waals surface area contributed by atoms with E-state index in [2.05, 4.69) is 60.5 Å². The zero-order valence-corrected chi connectivity index (χ0v) is 18.2. The van der Waals surface area contributed by atoms with E-state index in [1.807, 2.05) is 11.7 Å². The van der Waals surface area contributed by atoms with E-state index in [9.17, 15) is 0 Å². The van der Waals surface area contributed by atoms with Gasteiger partial charge in [0.25, 0.3) is 0 Å². The SMILES string of the molecule is CC1NNC(C)C1CCNCc1cn(C)nc1-c1ccc(C2CCCCC2)cc1. The number of benzene rings is 1. The summed E-state index contributed by atoms with van der Waals surface area (Å²) in [6.07, 6.45) is 10.2. The molecule has 2 aliphatic rings. The molecule has 1 aliphatic heterocycles. The molecule has 3 N–H and O–H groups in total. The third-order valence-electron chi connectivity index (χ3n) is 6.96. The largest absolute Gasteiger partial charge is 0.313 e. The van der Waals surface area contributed by atoms with Crippen LogP contribution in [-0.2, 0) is 13.6 Å². The lowest BCUT2D eigenvalue weighted by Crippen LogP contribution is -2.30. The van der Waals surface area contributed by atoms with E-state index in [1.54, 1.807) is 0 Å². The molecule has 0 bridgehead atoms. The second-order valence-electron chi connectivity index (χ2n) is 9.13. The van der Waals surface area contributed by atoms with Crippen molar-refractivity contribution in [1.82, 2.24) is 25.9 Å². The van der Waals surface area contributed by atoms with Gasteiger partial charge in [-0.3, -0.25) is 15.5 Å². The lowest BCUT2D eigenvalue weighted by Gasteiger charge is -2.22. The molecule has 0 amide bonds. The normalized spacial score (nSPS) is 25.6. The van der Waals surface area contributed by atoms with Crippen LogP contribution in [0.5, 0.6) is 0 Å². The van der Waals surface area contributed by atoms with Crippen LogP contribution in [0.25, 0.3) is 11.3 Å². The maximum atomic E-state index is 4.76. The van der Waals surface area contributed by atoms with Crippen molar-refractivity contribution in [2.75, 3.05) is 6.54 Å². The van der Waals surface area contributed by atoms with Crippen LogP contribution < -0.4 is 16.2 Å². The van der Waals surface area contributed by atoms with Gasteiger partial charge >= 0.3 is 0 Å². The highest BCUT2D eigenvalue weighted by atomic mass is 15.4. The zero-order chi connectivity index (χ0) is 20.2. The minimum Gasteiger partial charge on any atom is -0.313 e. The molecule has 2 heterocycles. The molecule has 1 saturated heterocycles. The highest BCUT2D eigenvalue weighted by Crippen LogP contribution is 2.33. The van der Waals surface area contributed by atoms with Crippen molar-refractivity contribution >= 4 is 0 Å². The molecule has 1 aromatic carbocycles. The summed E-state index contributed by atoms with van der Waals surface area (Å²) in [5.74, 6) is 1.43. The minimum atomic E-state index is 0.531. The first-order chi connectivity index (χ1) is 14.1. The molecular formula is C24H37N5. The van der Waals surface area contributed by atoms with Crippen LogP contribution in [-0.4, -0.2) is 28.4 Å². The molecule has 1 saturated carbocycles. The summed E-state index contributed by atoms with van der Waals surface area (Å²) in [7, 11) is 2.02. The monoisotopic (exact) mass is 395 g/mol. The van der Waals surface area contributed by atoms with E-state index in [4.69, 9.17) is 5.10 Å². The molecule has 2 aromatic rings. The molecule has 0 spiro atoms. The van der Waals surface area contributed by atoms with Crippen molar-refractivity contribution < 1.29 is 0 Å². The molecule has 29 heavy (non-hydrogen) atoms. The van der Waals surface area contributed by atoms with Gasteiger partial charge in [0.05, 0.1) is 5.69 Å². The summed E-state index contributed by atoms with van der Waals surface area (Å²) >= 11 is 0. The van der Waals surface area contributed by atoms with E-state index in [1.165, 1.54) is 55.2 Å². The van der Waals surface area contributed by atoms with E-state index >= 15 is 0 Å². The predicted octanol–water partition coefficient (Wildman–Crippen LogP) is 4.12. The first kappa shape index (κ1) is 20.6. The van der Waals surface area contributed by atoms with Crippen molar-refractivity contribution in [3.8, 4) is 11.3 Å². The molecular weight excluding hydrogens is 358 g/mol. The molecule has 4 rings (SSSR count). The van der Waals surface area contributed by atoms with Crippen molar-refractivity contribution in [3.63, 3.8) is 0 Å². The number of hydrazine groups is 1. The maximum absolute atomic E-state index is 4.76. The van der Waals surface area contributed by atoms with Crippen molar-refractivity contribution in [3.05, 3.63) is 41.6 Å². The molecule has 158 valence electrons. The smallest absolute Gasteiger partial charge is 0.0967 e. The van der Waals surface area contributed by atoms with E-state index in [-0.39, 0.29) is 0 Å². The third kappa shape index (κ3) is 4.90. The van der Waals surface area contributed by atoms with Gasteiger partial charge in [-0.1, -0.05) is 43.5 Å². The van der Waals surface area contributed by atoms with Gasteiger partial charge in [0.15, 0.2) is 0 Å². The fourth-order valence-electron chi connectivity index (χ4n) is 5.16. The number of nitrogens with zero attached hydrogens (tertiary/aromatic N) is 2. The van der Waals surface area contributed by atoms with Crippen LogP contribution in [0.3, 0.4) is 0 Å². The number of aryl methyl sites for hydroxylation is 1. The van der Waals surface area contributed by atoms with Gasteiger partial charge < -0.3 is 5.32 Å². The summed E-state index contributed by atoms with van der Waals surface area (Å²) in [4.78, 5) is 0. The van der Waals surface area contributed by atoms with Gasteiger partial charge in [-0.25, -0.2) is 0 Å². The fraction of sp³-hybridized carbons (Fsp3) is 0.625. The standard InChI is InChI=1S/C24H37N5/c1-17-23(18(2)27-26-17)13-14-25-15-22-16-29(3)28-24(22)21-11-9-20(10-12-21)19-7-5-4-6-8-19/h9-12,16-19,23,25-27H,4-8,13-15H2,1-3H3. The van der Waals surface area contributed by atoms with Gasteiger partial charge in [0.1, 0.15) is 0 Å². The number of nitrogens with one attached hydrogen (secondary N) is 3. The van der Waals surface area contributed by atoms with Gasteiger partial charge in [0, 0.05) is 43.0 Å².